The summed E-state index contributed by atoms with van der Waals surface area (Å²) in [4.78, 5) is 4.74. The molecule has 0 saturated heterocycles. The average molecular weight is 1410 g/mol. The number of rotatable bonds is 20. The molecule has 0 amide bonds. The van der Waals surface area contributed by atoms with E-state index in [9.17, 15) is 0 Å². The molecular weight excluding hydrogens is 1310 g/mol. The monoisotopic (exact) mass is 1400 g/mol. The second-order valence-corrected chi connectivity index (χ2v) is 33.8. The Morgan fingerprint density at radius 1 is 0.315 bits per heavy atom. The number of nitrogens with zero attached hydrogens (tertiary/aromatic N) is 4. The fraction of sp³-hybridized carbons (Fsp3) is 0.269. The molecule has 0 N–H and O–H groups in total. The average Bonchev–Trinajstić information content (AvgIpc) is 1.12. The normalized spacial score (nSPS) is 22.9. The highest BCUT2D eigenvalue weighted by molar-refractivity contribution is 6.12. The minimum absolute atomic E-state index is 0.223. The van der Waals surface area contributed by atoms with Crippen LogP contribution in [0.2, 0.25) is 0 Å². The van der Waals surface area contributed by atoms with Crippen LogP contribution in [0.4, 0.5) is 34.1 Å². The van der Waals surface area contributed by atoms with Crippen LogP contribution in [-0.4, -0.2) is 9.13 Å². The van der Waals surface area contributed by atoms with Gasteiger partial charge in [-0.1, -0.05) is 210 Å². The molecule has 4 heteroatoms. The number of anilines is 6. The van der Waals surface area contributed by atoms with Gasteiger partial charge in [-0.3, -0.25) is 0 Å². The van der Waals surface area contributed by atoms with Crippen molar-refractivity contribution in [2.75, 3.05) is 9.80 Å². The fourth-order valence-corrected chi connectivity index (χ4v) is 23.0. The van der Waals surface area contributed by atoms with Gasteiger partial charge in [0, 0.05) is 67.0 Å². The highest BCUT2D eigenvalue weighted by atomic mass is 15.2. The third-order valence-corrected chi connectivity index (χ3v) is 27.0. The lowest BCUT2D eigenvalue weighted by molar-refractivity contribution is -0.0283. The van der Waals surface area contributed by atoms with E-state index in [-0.39, 0.29) is 10.8 Å². The third kappa shape index (κ3) is 12.0. The predicted octanol–water partition coefficient (Wildman–Crippen LogP) is 28.1. The first kappa shape index (κ1) is 67.9. The molecule has 2 aromatic heterocycles. The van der Waals surface area contributed by atoms with Gasteiger partial charge in [-0.25, -0.2) is 0 Å². The molecule has 12 aromatic carbocycles. The van der Waals surface area contributed by atoms with Crippen molar-refractivity contribution in [2.24, 2.45) is 23.7 Å². The Bertz CT molecular complexity index is 5300. The van der Waals surface area contributed by atoms with E-state index in [0.29, 0.717) is 10.8 Å². The SMILES string of the molecule is C=Cc1ccc(C23CC4CC(C2)CC(c2ccc(-n5c6ccc(CCCC)cc6c6cc(CCCC)ccc65)cc2)(C4)C3)cc1.C=Cc1ccc(C23CC4CC(C2)CC(c2ccc(-n5c6ccc(N(c7ccccc7)c7ccccc7)cc6c6cc(N(c7ccccc7)c7ccccc7)ccc65)cc2)(C4)C3)cc1. The third-order valence-electron chi connectivity index (χ3n) is 27.0. The van der Waals surface area contributed by atoms with Crippen molar-refractivity contribution in [3.8, 4) is 11.4 Å². The molecular formula is C104H100N4. The summed E-state index contributed by atoms with van der Waals surface area (Å²) in [6.07, 6.45) is 27.4. The Hall–Kier alpha value is -10.7. The summed E-state index contributed by atoms with van der Waals surface area (Å²) in [7, 11) is 0. The Morgan fingerprint density at radius 3 is 0.880 bits per heavy atom. The molecule has 536 valence electrons. The Morgan fingerprint density at radius 2 is 0.593 bits per heavy atom. The number of hydrogen-bond donors (Lipinski definition) is 0. The van der Waals surface area contributed by atoms with Gasteiger partial charge in [0.05, 0.1) is 22.1 Å². The van der Waals surface area contributed by atoms with Crippen LogP contribution in [0.25, 0.3) is 67.1 Å². The van der Waals surface area contributed by atoms with Crippen LogP contribution in [0.3, 0.4) is 0 Å². The summed E-state index contributed by atoms with van der Waals surface area (Å²) >= 11 is 0. The summed E-state index contributed by atoms with van der Waals surface area (Å²) < 4.78 is 5.03. The summed E-state index contributed by atoms with van der Waals surface area (Å²) in [5, 5.41) is 5.26. The summed E-state index contributed by atoms with van der Waals surface area (Å²) in [6.45, 7) is 12.6. The van der Waals surface area contributed by atoms with Gasteiger partial charge in [0.2, 0.25) is 0 Å². The van der Waals surface area contributed by atoms with Crippen LogP contribution in [0.5, 0.6) is 0 Å². The topological polar surface area (TPSA) is 16.3 Å². The minimum atomic E-state index is 0.223. The molecule has 108 heavy (non-hydrogen) atoms. The molecule has 8 bridgehead atoms. The number of para-hydroxylation sites is 4. The maximum Gasteiger partial charge on any atom is 0.0542 e. The molecule has 0 spiro atoms. The van der Waals surface area contributed by atoms with Crippen molar-refractivity contribution < 1.29 is 0 Å². The predicted molar refractivity (Wildman–Crippen MR) is 457 cm³/mol. The number of benzene rings is 12. The van der Waals surface area contributed by atoms with Crippen LogP contribution in [0.15, 0.2) is 304 Å². The number of fused-ring (bicyclic) bond motifs is 6. The Kier molecular flexibility index (Phi) is 17.5. The maximum atomic E-state index is 4.02. The fourth-order valence-electron chi connectivity index (χ4n) is 23.0. The smallest absolute Gasteiger partial charge is 0.0542 e. The second kappa shape index (κ2) is 27.8. The zero-order chi connectivity index (χ0) is 72.6. The number of hydrogen-bond acceptors (Lipinski definition) is 2. The zero-order valence-corrected chi connectivity index (χ0v) is 63.1. The van der Waals surface area contributed by atoms with E-state index in [0.717, 1.165) is 70.6 Å². The van der Waals surface area contributed by atoms with Crippen molar-refractivity contribution in [1.29, 1.82) is 0 Å². The van der Waals surface area contributed by atoms with Crippen molar-refractivity contribution in [3.05, 3.63) is 349 Å². The summed E-state index contributed by atoms with van der Waals surface area (Å²) in [5.41, 5.74) is 27.0. The van der Waals surface area contributed by atoms with Crippen molar-refractivity contribution >= 4 is 89.9 Å². The standard InChI is InChI=1S/C60H51N3.C44H49N/c1-2-43-23-25-46(26-24-43)59-38-44-35-45(39-59)41-60(40-44,42-59)47-27-29-52(30-28-47)63-57-33-31-53(61(48-15-7-3-8-16-48)49-17-9-4-10-18-49)36-55(57)56-37-54(32-34-58(56)63)62(50-19-11-5-12-20-50)51-21-13-6-14-22-51;1-4-7-9-32-13-21-41-39(24-32)40-25-33(10-8-5-2)14-22-42(40)45(41)38-19-17-37(18-20-38)44-28-34-23-35(29-44)27-43(26-34,30-44)36-15-11-31(6-3)12-16-36/h2-34,36-37,44-45H,1,35,38-42H2;6,11-22,24-25,34-35H,3-5,7-10,23,26-30H2,1-2H3. The van der Waals surface area contributed by atoms with Gasteiger partial charge in [-0.15, -0.1) is 0 Å². The van der Waals surface area contributed by atoms with Gasteiger partial charge in [0.1, 0.15) is 0 Å². The summed E-state index contributed by atoms with van der Waals surface area (Å²) in [5.74, 6) is 3.30. The van der Waals surface area contributed by atoms with Crippen molar-refractivity contribution in [2.45, 2.75) is 151 Å². The lowest BCUT2D eigenvalue weighted by Crippen LogP contribution is -2.55. The highest BCUT2D eigenvalue weighted by Crippen LogP contribution is 2.68. The Balaban J connectivity index is 0.000000156. The van der Waals surface area contributed by atoms with E-state index in [4.69, 9.17) is 0 Å². The molecule has 4 nitrogen and oxygen atoms in total. The zero-order valence-electron chi connectivity index (χ0n) is 63.1. The molecule has 0 radical (unpaired) electrons. The van der Waals surface area contributed by atoms with E-state index < -0.39 is 0 Å². The van der Waals surface area contributed by atoms with Gasteiger partial charge < -0.3 is 18.9 Å². The van der Waals surface area contributed by atoms with E-state index in [1.54, 1.807) is 16.7 Å². The van der Waals surface area contributed by atoms with E-state index in [1.165, 1.54) is 186 Å². The first-order chi connectivity index (χ1) is 53.1. The van der Waals surface area contributed by atoms with Crippen LogP contribution < -0.4 is 9.80 Å². The van der Waals surface area contributed by atoms with Gasteiger partial charge in [0.25, 0.3) is 0 Å². The van der Waals surface area contributed by atoms with Crippen molar-refractivity contribution in [3.63, 3.8) is 0 Å². The van der Waals surface area contributed by atoms with Gasteiger partial charge in [-0.05, 0) is 326 Å². The molecule has 8 aliphatic rings. The molecule has 14 aromatic rings. The lowest BCUT2D eigenvalue weighted by Gasteiger charge is -2.63. The van der Waals surface area contributed by atoms with Gasteiger partial charge >= 0.3 is 0 Å². The van der Waals surface area contributed by atoms with Crippen LogP contribution in [-0.2, 0) is 34.5 Å². The molecule has 8 fully saturated rings. The summed E-state index contributed by atoms with van der Waals surface area (Å²) in [6, 6.07) is 110. The number of aromatic nitrogens is 2. The van der Waals surface area contributed by atoms with Crippen LogP contribution in [0, 0.1) is 23.7 Å². The largest absolute Gasteiger partial charge is 0.310 e. The van der Waals surface area contributed by atoms with E-state index in [1.807, 2.05) is 12.2 Å². The number of aryl methyl sites for hydroxylation is 2. The highest BCUT2D eigenvalue weighted by Gasteiger charge is 2.60. The van der Waals surface area contributed by atoms with E-state index in [2.05, 4.69) is 337 Å². The number of unbranched alkanes of at least 4 members (excludes halogenated alkanes) is 2. The molecule has 4 atom stereocenters. The van der Waals surface area contributed by atoms with Gasteiger partial charge in [-0.2, -0.15) is 0 Å². The molecule has 2 heterocycles. The van der Waals surface area contributed by atoms with E-state index >= 15 is 0 Å². The second-order valence-electron chi connectivity index (χ2n) is 33.8. The molecule has 8 saturated carbocycles. The first-order valence-electron chi connectivity index (χ1n) is 40.7. The molecule has 0 aliphatic heterocycles. The molecule has 22 rings (SSSR count). The molecule has 8 aliphatic carbocycles. The van der Waals surface area contributed by atoms with Crippen molar-refractivity contribution in [1.82, 2.24) is 9.13 Å². The Labute approximate surface area is 639 Å². The molecule has 4 unspecified atom stereocenters. The minimum Gasteiger partial charge on any atom is -0.310 e. The lowest BCUT2D eigenvalue weighted by atomic mass is 9.41. The van der Waals surface area contributed by atoms with Gasteiger partial charge in [0.15, 0.2) is 0 Å². The quantitative estimate of drug-likeness (QED) is 0.0756. The first-order valence-corrected chi connectivity index (χ1v) is 40.7. The maximum absolute atomic E-state index is 4.02. The van der Waals surface area contributed by atoms with Crippen LogP contribution >= 0.6 is 0 Å². The van der Waals surface area contributed by atoms with Crippen LogP contribution in [0.1, 0.15) is 161 Å².